The Morgan fingerprint density at radius 1 is 1.19 bits per heavy atom. The molecule has 1 aromatic carbocycles. The van der Waals surface area contributed by atoms with E-state index < -0.39 is 8.32 Å². The number of halogens is 1. The van der Waals surface area contributed by atoms with E-state index >= 15 is 0 Å². The molecule has 0 spiro atoms. The van der Waals surface area contributed by atoms with Gasteiger partial charge >= 0.3 is 0 Å². The maximum atomic E-state index is 6.16. The number of aryl methyl sites for hydroxylation is 1. The highest BCUT2D eigenvalue weighted by Crippen LogP contribution is 2.33. The molecule has 0 radical (unpaired) electrons. The van der Waals surface area contributed by atoms with E-state index in [-0.39, 0.29) is 0 Å². The van der Waals surface area contributed by atoms with Crippen LogP contribution in [0.1, 0.15) is 30.9 Å². The van der Waals surface area contributed by atoms with Gasteiger partial charge in [-0.3, -0.25) is 0 Å². The van der Waals surface area contributed by atoms with Crippen molar-refractivity contribution in [2.75, 3.05) is 0 Å². The van der Waals surface area contributed by atoms with Crippen LogP contribution in [0.15, 0.2) is 12.1 Å². The predicted octanol–water partition coefficient (Wildman–Crippen LogP) is 4.99. The molecule has 0 atom stereocenters. The summed E-state index contributed by atoms with van der Waals surface area (Å²) in [7, 11) is -1.56. The molecule has 0 unspecified atom stereocenters. The second-order valence-electron chi connectivity index (χ2n) is 5.51. The molecule has 0 aromatic heterocycles. The summed E-state index contributed by atoms with van der Waals surface area (Å²) in [5, 5.41) is 0.826. The molecule has 0 bridgehead atoms. The number of hydrogen-bond acceptors (Lipinski definition) is 1. The summed E-state index contributed by atoms with van der Waals surface area (Å²) < 4.78 is 6.11. The molecular formula is C13H21ClOSi. The first-order chi connectivity index (χ1) is 7.20. The summed E-state index contributed by atoms with van der Waals surface area (Å²) in [5.74, 6) is 1.44. The first kappa shape index (κ1) is 13.6. The third kappa shape index (κ3) is 3.53. The SMILES string of the molecule is Cc1cc(O[Si](C)(C)C)c(C(C)C)cc1Cl. The van der Waals surface area contributed by atoms with E-state index in [0.717, 1.165) is 16.3 Å². The van der Waals surface area contributed by atoms with Crippen LogP contribution in [-0.2, 0) is 0 Å². The van der Waals surface area contributed by atoms with Crippen molar-refractivity contribution in [3.63, 3.8) is 0 Å². The molecule has 0 heterocycles. The van der Waals surface area contributed by atoms with Crippen molar-refractivity contribution in [1.82, 2.24) is 0 Å². The van der Waals surface area contributed by atoms with Crippen molar-refractivity contribution in [3.8, 4) is 5.75 Å². The average Bonchev–Trinajstić information content (AvgIpc) is 2.07. The standard InChI is InChI=1S/C13H21ClOSi/c1-9(2)11-8-12(14)10(3)7-13(11)15-16(4,5)6/h7-9H,1-6H3. The molecule has 0 aliphatic rings. The molecule has 0 saturated carbocycles. The van der Waals surface area contributed by atoms with Gasteiger partial charge in [0.25, 0.3) is 0 Å². The number of benzene rings is 1. The van der Waals surface area contributed by atoms with E-state index in [9.17, 15) is 0 Å². The molecule has 1 aromatic rings. The molecule has 0 amide bonds. The topological polar surface area (TPSA) is 9.23 Å². The van der Waals surface area contributed by atoms with Crippen LogP contribution in [0.5, 0.6) is 5.75 Å². The highest BCUT2D eigenvalue weighted by Gasteiger charge is 2.20. The molecule has 1 rings (SSSR count). The minimum atomic E-state index is -1.56. The van der Waals surface area contributed by atoms with Crippen LogP contribution in [0.4, 0.5) is 0 Å². The first-order valence-corrected chi connectivity index (χ1v) is 9.48. The van der Waals surface area contributed by atoms with Crippen LogP contribution in [0.2, 0.25) is 24.7 Å². The van der Waals surface area contributed by atoms with Crippen molar-refractivity contribution < 1.29 is 4.43 Å². The highest BCUT2D eigenvalue weighted by molar-refractivity contribution is 6.70. The van der Waals surface area contributed by atoms with Crippen molar-refractivity contribution in [2.24, 2.45) is 0 Å². The maximum Gasteiger partial charge on any atom is 0.242 e. The van der Waals surface area contributed by atoms with E-state index in [0.29, 0.717) is 5.92 Å². The van der Waals surface area contributed by atoms with Crippen molar-refractivity contribution in [3.05, 3.63) is 28.3 Å². The molecule has 3 heteroatoms. The zero-order chi connectivity index (χ0) is 12.5. The van der Waals surface area contributed by atoms with Gasteiger partial charge in [-0.15, -0.1) is 0 Å². The minimum absolute atomic E-state index is 0.435. The lowest BCUT2D eigenvalue weighted by Crippen LogP contribution is -2.29. The largest absolute Gasteiger partial charge is 0.544 e. The second kappa shape index (κ2) is 4.80. The van der Waals surface area contributed by atoms with Crippen LogP contribution in [0.3, 0.4) is 0 Å². The molecule has 0 fully saturated rings. The molecule has 0 aliphatic carbocycles. The molecule has 1 nitrogen and oxygen atoms in total. The fourth-order valence-electron chi connectivity index (χ4n) is 1.54. The van der Waals surface area contributed by atoms with Crippen molar-refractivity contribution in [1.29, 1.82) is 0 Å². The normalized spacial score (nSPS) is 12.0. The number of rotatable bonds is 3. The molecule has 0 saturated heterocycles. The van der Waals surface area contributed by atoms with Gasteiger partial charge in [0, 0.05) is 5.02 Å². The fourth-order valence-corrected chi connectivity index (χ4v) is 2.55. The van der Waals surface area contributed by atoms with Gasteiger partial charge in [-0.1, -0.05) is 25.4 Å². The molecule has 16 heavy (non-hydrogen) atoms. The molecular weight excluding hydrogens is 236 g/mol. The van der Waals surface area contributed by atoms with Gasteiger partial charge in [-0.25, -0.2) is 0 Å². The number of hydrogen-bond donors (Lipinski definition) is 0. The summed E-state index contributed by atoms with van der Waals surface area (Å²) in [6, 6.07) is 4.10. The van der Waals surface area contributed by atoms with E-state index in [1.165, 1.54) is 5.56 Å². The summed E-state index contributed by atoms with van der Waals surface area (Å²) in [6.07, 6.45) is 0. The van der Waals surface area contributed by atoms with Crippen LogP contribution < -0.4 is 4.43 Å². The first-order valence-electron chi connectivity index (χ1n) is 5.70. The highest BCUT2D eigenvalue weighted by atomic mass is 35.5. The summed E-state index contributed by atoms with van der Waals surface area (Å²) >= 11 is 6.16. The molecule has 0 aliphatic heterocycles. The van der Waals surface area contributed by atoms with Gasteiger partial charge in [-0.2, -0.15) is 0 Å². The Morgan fingerprint density at radius 3 is 2.19 bits per heavy atom. The Kier molecular flexibility index (Phi) is 4.08. The van der Waals surface area contributed by atoms with E-state index in [2.05, 4.69) is 39.6 Å². The lowest BCUT2D eigenvalue weighted by atomic mass is 10.0. The van der Waals surface area contributed by atoms with Gasteiger partial charge in [0.05, 0.1) is 0 Å². The summed E-state index contributed by atoms with van der Waals surface area (Å²) in [4.78, 5) is 0. The third-order valence-corrected chi connectivity index (χ3v) is 3.57. The third-order valence-electron chi connectivity index (χ3n) is 2.33. The van der Waals surface area contributed by atoms with Crippen molar-refractivity contribution in [2.45, 2.75) is 46.3 Å². The Bertz CT molecular complexity index is 380. The van der Waals surface area contributed by atoms with Crippen LogP contribution in [-0.4, -0.2) is 8.32 Å². The van der Waals surface area contributed by atoms with Crippen LogP contribution in [0.25, 0.3) is 0 Å². The Balaban J connectivity index is 3.20. The van der Waals surface area contributed by atoms with E-state index in [1.807, 2.05) is 13.0 Å². The van der Waals surface area contributed by atoms with E-state index in [4.69, 9.17) is 16.0 Å². The minimum Gasteiger partial charge on any atom is -0.544 e. The lowest BCUT2D eigenvalue weighted by Gasteiger charge is -2.23. The van der Waals surface area contributed by atoms with Crippen LogP contribution >= 0.6 is 11.6 Å². The summed E-state index contributed by atoms with van der Waals surface area (Å²) in [5.41, 5.74) is 2.29. The zero-order valence-corrected chi connectivity index (χ0v) is 12.8. The monoisotopic (exact) mass is 256 g/mol. The Labute approximate surface area is 105 Å². The zero-order valence-electron chi connectivity index (χ0n) is 11.0. The van der Waals surface area contributed by atoms with Gasteiger partial charge in [0.2, 0.25) is 8.32 Å². The fraction of sp³-hybridized carbons (Fsp3) is 0.538. The molecule has 90 valence electrons. The average molecular weight is 257 g/mol. The summed E-state index contributed by atoms with van der Waals surface area (Å²) in [6.45, 7) is 12.9. The molecule has 0 N–H and O–H groups in total. The van der Waals surface area contributed by atoms with Gasteiger partial charge < -0.3 is 4.43 Å². The Morgan fingerprint density at radius 2 is 1.75 bits per heavy atom. The van der Waals surface area contributed by atoms with Gasteiger partial charge in [-0.05, 0) is 55.7 Å². The van der Waals surface area contributed by atoms with Crippen molar-refractivity contribution >= 4 is 19.9 Å². The smallest absolute Gasteiger partial charge is 0.242 e. The van der Waals surface area contributed by atoms with Gasteiger partial charge in [0.1, 0.15) is 5.75 Å². The quantitative estimate of drug-likeness (QED) is 0.693. The Hall–Kier alpha value is -0.473. The predicted molar refractivity (Wildman–Crippen MR) is 74.3 cm³/mol. The van der Waals surface area contributed by atoms with Gasteiger partial charge in [0.15, 0.2) is 0 Å². The second-order valence-corrected chi connectivity index (χ2v) is 10.3. The maximum absolute atomic E-state index is 6.16. The van der Waals surface area contributed by atoms with E-state index in [1.54, 1.807) is 0 Å². The lowest BCUT2D eigenvalue weighted by molar-refractivity contribution is 0.544. The van der Waals surface area contributed by atoms with Crippen LogP contribution in [0, 0.1) is 6.92 Å².